The van der Waals surface area contributed by atoms with Crippen LogP contribution < -0.4 is 0 Å². The summed E-state index contributed by atoms with van der Waals surface area (Å²) in [6.07, 6.45) is 0. The standard InChI is InChI=1S/C12H17N5S/c1-7-6-9(15-14-8(7)2)18-11-13-10(16-17-11)12(3,4)5/h6H,1-5H3,(H,13,16,17). The third-order valence-electron chi connectivity index (χ3n) is 2.58. The summed E-state index contributed by atoms with van der Waals surface area (Å²) in [5.74, 6) is 0.877. The maximum absolute atomic E-state index is 4.46. The molecule has 2 aromatic rings. The average molecular weight is 263 g/mol. The van der Waals surface area contributed by atoms with Gasteiger partial charge in [-0.15, -0.1) is 10.2 Å². The average Bonchev–Trinajstić information content (AvgIpc) is 2.72. The highest BCUT2D eigenvalue weighted by Crippen LogP contribution is 2.25. The number of H-pyrrole nitrogens is 1. The van der Waals surface area contributed by atoms with E-state index in [2.05, 4.69) is 46.1 Å². The molecular formula is C12H17N5S. The second kappa shape index (κ2) is 4.68. The molecule has 0 saturated carbocycles. The molecule has 0 aliphatic rings. The molecule has 2 rings (SSSR count). The fourth-order valence-corrected chi connectivity index (χ4v) is 2.03. The van der Waals surface area contributed by atoms with E-state index in [0.717, 1.165) is 22.1 Å². The molecule has 1 N–H and O–H groups in total. The van der Waals surface area contributed by atoms with E-state index in [1.165, 1.54) is 11.8 Å². The van der Waals surface area contributed by atoms with Crippen molar-refractivity contribution in [2.24, 2.45) is 0 Å². The van der Waals surface area contributed by atoms with Gasteiger partial charge in [0.1, 0.15) is 10.9 Å². The van der Waals surface area contributed by atoms with Gasteiger partial charge in [-0.1, -0.05) is 20.8 Å². The summed E-state index contributed by atoms with van der Waals surface area (Å²) in [4.78, 5) is 4.46. The second-order valence-corrected chi connectivity index (χ2v) is 6.26. The van der Waals surface area contributed by atoms with Gasteiger partial charge in [-0.05, 0) is 37.2 Å². The summed E-state index contributed by atoms with van der Waals surface area (Å²) >= 11 is 1.42. The van der Waals surface area contributed by atoms with Gasteiger partial charge >= 0.3 is 0 Å². The predicted molar refractivity (Wildman–Crippen MR) is 70.7 cm³/mol. The Hall–Kier alpha value is -1.43. The van der Waals surface area contributed by atoms with Crippen LogP contribution in [-0.4, -0.2) is 25.4 Å². The van der Waals surface area contributed by atoms with Gasteiger partial charge in [-0.3, -0.25) is 5.10 Å². The van der Waals surface area contributed by atoms with E-state index >= 15 is 0 Å². The Labute approximate surface area is 111 Å². The smallest absolute Gasteiger partial charge is 0.214 e. The molecular weight excluding hydrogens is 246 g/mol. The van der Waals surface area contributed by atoms with Gasteiger partial charge in [0.25, 0.3) is 0 Å². The summed E-state index contributed by atoms with van der Waals surface area (Å²) in [5.41, 5.74) is 2.05. The first kappa shape index (κ1) is 13.0. The van der Waals surface area contributed by atoms with Gasteiger partial charge in [0, 0.05) is 5.41 Å². The summed E-state index contributed by atoms with van der Waals surface area (Å²) in [6, 6.07) is 2.00. The van der Waals surface area contributed by atoms with E-state index in [0.29, 0.717) is 5.16 Å². The monoisotopic (exact) mass is 263 g/mol. The quantitative estimate of drug-likeness (QED) is 0.902. The Balaban J connectivity index is 2.19. The zero-order valence-corrected chi connectivity index (χ0v) is 12.1. The zero-order valence-electron chi connectivity index (χ0n) is 11.3. The highest BCUT2D eigenvalue weighted by atomic mass is 32.2. The van der Waals surface area contributed by atoms with E-state index < -0.39 is 0 Å². The van der Waals surface area contributed by atoms with Crippen LogP contribution in [0, 0.1) is 13.8 Å². The number of nitrogens with zero attached hydrogens (tertiary/aromatic N) is 4. The minimum absolute atomic E-state index is 0.0271. The Morgan fingerprint density at radius 3 is 2.44 bits per heavy atom. The van der Waals surface area contributed by atoms with Crippen molar-refractivity contribution in [2.75, 3.05) is 0 Å². The van der Waals surface area contributed by atoms with Crippen molar-refractivity contribution in [1.29, 1.82) is 0 Å². The number of hydrogen-bond donors (Lipinski definition) is 1. The zero-order chi connectivity index (χ0) is 13.3. The first-order chi connectivity index (χ1) is 8.36. The lowest BCUT2D eigenvalue weighted by atomic mass is 9.96. The summed E-state index contributed by atoms with van der Waals surface area (Å²) in [6.45, 7) is 10.3. The van der Waals surface area contributed by atoms with Gasteiger partial charge in [-0.2, -0.15) is 5.10 Å². The van der Waals surface area contributed by atoms with Crippen LogP contribution in [0.4, 0.5) is 0 Å². The highest BCUT2D eigenvalue weighted by Gasteiger charge is 2.19. The van der Waals surface area contributed by atoms with E-state index in [-0.39, 0.29) is 5.41 Å². The molecule has 96 valence electrons. The van der Waals surface area contributed by atoms with Crippen molar-refractivity contribution in [1.82, 2.24) is 25.4 Å². The lowest BCUT2D eigenvalue weighted by molar-refractivity contribution is 0.547. The predicted octanol–water partition coefficient (Wildman–Crippen LogP) is 2.66. The largest absolute Gasteiger partial charge is 0.262 e. The molecule has 18 heavy (non-hydrogen) atoms. The van der Waals surface area contributed by atoms with Crippen LogP contribution in [0.25, 0.3) is 0 Å². The van der Waals surface area contributed by atoms with Gasteiger partial charge in [0.05, 0.1) is 5.69 Å². The van der Waals surface area contributed by atoms with Crippen LogP contribution in [-0.2, 0) is 5.41 Å². The SMILES string of the molecule is Cc1cc(Sc2n[nH]c(C(C)(C)C)n2)nnc1C. The summed E-state index contributed by atoms with van der Waals surface area (Å²) in [5, 5.41) is 16.9. The van der Waals surface area contributed by atoms with Crippen molar-refractivity contribution in [3.63, 3.8) is 0 Å². The number of hydrogen-bond acceptors (Lipinski definition) is 5. The third-order valence-corrected chi connectivity index (χ3v) is 3.35. The van der Waals surface area contributed by atoms with E-state index in [1.807, 2.05) is 19.9 Å². The van der Waals surface area contributed by atoms with Gasteiger partial charge in [-0.25, -0.2) is 4.98 Å². The van der Waals surface area contributed by atoms with Crippen molar-refractivity contribution >= 4 is 11.8 Å². The van der Waals surface area contributed by atoms with Crippen LogP contribution in [0.2, 0.25) is 0 Å². The maximum Gasteiger partial charge on any atom is 0.214 e. The number of aromatic amines is 1. The lowest BCUT2D eigenvalue weighted by Gasteiger charge is -2.12. The minimum atomic E-state index is -0.0271. The Bertz CT molecular complexity index is 556. The first-order valence-electron chi connectivity index (χ1n) is 5.78. The van der Waals surface area contributed by atoms with E-state index in [9.17, 15) is 0 Å². The molecule has 0 radical (unpaired) electrons. The van der Waals surface area contributed by atoms with Gasteiger partial charge in [0.2, 0.25) is 5.16 Å². The van der Waals surface area contributed by atoms with Crippen molar-refractivity contribution in [3.05, 3.63) is 23.1 Å². The fourth-order valence-electron chi connectivity index (χ4n) is 1.29. The molecule has 2 heterocycles. The van der Waals surface area contributed by atoms with Crippen molar-refractivity contribution < 1.29 is 0 Å². The molecule has 0 aromatic carbocycles. The normalized spacial score (nSPS) is 11.8. The summed E-state index contributed by atoms with van der Waals surface area (Å²) < 4.78 is 0. The first-order valence-corrected chi connectivity index (χ1v) is 6.59. The molecule has 2 aromatic heterocycles. The van der Waals surface area contributed by atoms with Gasteiger partial charge < -0.3 is 0 Å². The Kier molecular flexibility index (Phi) is 3.38. The third kappa shape index (κ3) is 2.87. The number of aromatic nitrogens is 5. The fraction of sp³-hybridized carbons (Fsp3) is 0.500. The molecule has 0 bridgehead atoms. The molecule has 5 nitrogen and oxygen atoms in total. The van der Waals surface area contributed by atoms with Gasteiger partial charge in [0.15, 0.2) is 0 Å². The molecule has 0 fully saturated rings. The molecule has 0 aliphatic heterocycles. The summed E-state index contributed by atoms with van der Waals surface area (Å²) in [7, 11) is 0. The van der Waals surface area contributed by atoms with Crippen LogP contribution in [0.5, 0.6) is 0 Å². The molecule has 0 spiro atoms. The molecule has 0 aliphatic carbocycles. The van der Waals surface area contributed by atoms with Crippen molar-refractivity contribution in [2.45, 2.75) is 50.2 Å². The Morgan fingerprint density at radius 1 is 1.17 bits per heavy atom. The van der Waals surface area contributed by atoms with Crippen LogP contribution in [0.1, 0.15) is 37.9 Å². The van der Waals surface area contributed by atoms with E-state index in [1.54, 1.807) is 0 Å². The number of rotatable bonds is 2. The molecule has 0 atom stereocenters. The lowest BCUT2D eigenvalue weighted by Crippen LogP contribution is -2.13. The maximum atomic E-state index is 4.46. The second-order valence-electron chi connectivity index (χ2n) is 5.27. The molecule has 0 unspecified atom stereocenters. The number of aryl methyl sites for hydroxylation is 2. The van der Waals surface area contributed by atoms with E-state index in [4.69, 9.17) is 0 Å². The van der Waals surface area contributed by atoms with Crippen LogP contribution in [0.3, 0.4) is 0 Å². The van der Waals surface area contributed by atoms with Crippen LogP contribution in [0.15, 0.2) is 16.2 Å². The minimum Gasteiger partial charge on any atom is -0.262 e. The van der Waals surface area contributed by atoms with Crippen molar-refractivity contribution in [3.8, 4) is 0 Å². The molecule has 0 amide bonds. The molecule has 0 saturated heterocycles. The number of nitrogens with one attached hydrogen (secondary N) is 1. The van der Waals surface area contributed by atoms with Crippen LogP contribution >= 0.6 is 11.8 Å². The highest BCUT2D eigenvalue weighted by molar-refractivity contribution is 7.99. The topological polar surface area (TPSA) is 67.3 Å². The Morgan fingerprint density at radius 2 is 1.89 bits per heavy atom. The molecule has 6 heteroatoms.